The molecule has 0 saturated carbocycles. The van der Waals surface area contributed by atoms with Gasteiger partial charge in [0, 0.05) is 19.3 Å². The van der Waals surface area contributed by atoms with Gasteiger partial charge in [-0.3, -0.25) is 4.79 Å². The van der Waals surface area contributed by atoms with Crippen LogP contribution in [0.4, 0.5) is 0 Å². The Morgan fingerprint density at radius 3 is 2.24 bits per heavy atom. The summed E-state index contributed by atoms with van der Waals surface area (Å²) in [6.45, 7) is -0.474. The third-order valence-electron chi connectivity index (χ3n) is 2.89. The maximum atomic E-state index is 11.8. The number of esters is 4. The molecule has 1 unspecified atom stereocenters. The molecule has 0 N–H and O–H groups in total. The van der Waals surface area contributed by atoms with E-state index in [1.807, 2.05) is 0 Å². The van der Waals surface area contributed by atoms with Crippen LogP contribution in [0.3, 0.4) is 0 Å². The van der Waals surface area contributed by atoms with Gasteiger partial charge < -0.3 is 18.9 Å². The van der Waals surface area contributed by atoms with Crippen LogP contribution in [0.15, 0.2) is 42.5 Å². The molecule has 0 aromatic heterocycles. The Morgan fingerprint density at radius 1 is 1.00 bits per heavy atom. The summed E-state index contributed by atoms with van der Waals surface area (Å²) in [5.41, 5.74) is 0.689. The van der Waals surface area contributed by atoms with Gasteiger partial charge in [-0.05, 0) is 5.56 Å². The summed E-state index contributed by atoms with van der Waals surface area (Å²) in [7, 11) is 2.35. The smallest absolute Gasteiger partial charge is 0.346 e. The van der Waals surface area contributed by atoms with E-state index in [1.165, 1.54) is 7.11 Å². The van der Waals surface area contributed by atoms with Crippen molar-refractivity contribution in [1.29, 1.82) is 0 Å². The third kappa shape index (κ3) is 7.89. The van der Waals surface area contributed by atoms with Crippen molar-refractivity contribution in [3.63, 3.8) is 0 Å². The topological polar surface area (TPSA) is 105 Å². The first-order chi connectivity index (χ1) is 12.0. The summed E-state index contributed by atoms with van der Waals surface area (Å²) < 4.78 is 18.6. The number of benzene rings is 1. The van der Waals surface area contributed by atoms with E-state index in [0.717, 1.165) is 19.3 Å². The van der Waals surface area contributed by atoms with Gasteiger partial charge in [-0.15, -0.1) is 0 Å². The lowest BCUT2D eigenvalue weighted by atomic mass is 10.2. The highest BCUT2D eigenvalue weighted by Crippen LogP contribution is 2.03. The summed E-state index contributed by atoms with van der Waals surface area (Å²) in [6, 6.07) is 8.74. The lowest BCUT2D eigenvalue weighted by molar-refractivity contribution is -0.169. The molecule has 1 rings (SSSR count). The molecular formula is C17H18O8. The van der Waals surface area contributed by atoms with E-state index >= 15 is 0 Å². The zero-order valence-corrected chi connectivity index (χ0v) is 13.8. The van der Waals surface area contributed by atoms with Gasteiger partial charge in [0.1, 0.15) is 6.61 Å². The van der Waals surface area contributed by atoms with Crippen molar-refractivity contribution in [3.8, 4) is 0 Å². The summed E-state index contributed by atoms with van der Waals surface area (Å²) in [5, 5.41) is 0. The monoisotopic (exact) mass is 350 g/mol. The van der Waals surface area contributed by atoms with Crippen molar-refractivity contribution in [2.24, 2.45) is 0 Å². The molecule has 0 radical (unpaired) electrons. The van der Waals surface area contributed by atoms with Crippen LogP contribution in [-0.2, 0) is 44.5 Å². The molecule has 1 aromatic rings. The normalized spacial score (nSPS) is 11.6. The standard InChI is InChI=1S/C17H18O8/c1-22-13(11-24-15(19)9-8-14(18)23-2)17(21)25-16(20)10-12-6-4-3-5-7-12/h3-9,13H,10-11H2,1-2H3. The van der Waals surface area contributed by atoms with Gasteiger partial charge >= 0.3 is 23.9 Å². The van der Waals surface area contributed by atoms with E-state index in [0.29, 0.717) is 5.56 Å². The average Bonchev–Trinajstić information content (AvgIpc) is 2.60. The molecule has 25 heavy (non-hydrogen) atoms. The molecule has 0 aliphatic rings. The van der Waals surface area contributed by atoms with E-state index in [-0.39, 0.29) is 6.42 Å². The second-order valence-corrected chi connectivity index (χ2v) is 4.67. The molecule has 1 aromatic carbocycles. The van der Waals surface area contributed by atoms with Crippen LogP contribution in [-0.4, -0.2) is 50.8 Å². The number of methoxy groups -OCH3 is 2. The quantitative estimate of drug-likeness (QED) is 0.290. The van der Waals surface area contributed by atoms with Gasteiger partial charge in [0.25, 0.3) is 0 Å². The maximum Gasteiger partial charge on any atom is 0.346 e. The first kappa shape index (κ1) is 20.0. The summed E-state index contributed by atoms with van der Waals surface area (Å²) in [5.74, 6) is -3.34. The van der Waals surface area contributed by atoms with Crippen molar-refractivity contribution < 1.29 is 38.1 Å². The Hall–Kier alpha value is -3.00. The van der Waals surface area contributed by atoms with E-state index < -0.39 is 36.6 Å². The largest absolute Gasteiger partial charge is 0.466 e. The minimum Gasteiger partial charge on any atom is -0.466 e. The second-order valence-electron chi connectivity index (χ2n) is 4.67. The molecular weight excluding hydrogens is 332 g/mol. The van der Waals surface area contributed by atoms with Crippen molar-refractivity contribution in [2.75, 3.05) is 20.8 Å². The summed E-state index contributed by atoms with van der Waals surface area (Å²) in [4.78, 5) is 45.8. The Bertz CT molecular complexity index is 635. The Kier molecular flexibility index (Phi) is 8.59. The number of ether oxygens (including phenoxy) is 4. The van der Waals surface area contributed by atoms with Crippen molar-refractivity contribution >= 4 is 23.9 Å². The molecule has 0 heterocycles. The van der Waals surface area contributed by atoms with Gasteiger partial charge in [-0.1, -0.05) is 30.3 Å². The molecule has 0 spiro atoms. The first-order valence-corrected chi connectivity index (χ1v) is 7.20. The zero-order chi connectivity index (χ0) is 18.7. The predicted molar refractivity (Wildman–Crippen MR) is 84.2 cm³/mol. The SMILES string of the molecule is COC(=O)C=CC(=O)OCC(OC)C(=O)OC(=O)Cc1ccccc1. The van der Waals surface area contributed by atoms with Crippen LogP contribution in [0.2, 0.25) is 0 Å². The van der Waals surface area contributed by atoms with Crippen LogP contribution < -0.4 is 0 Å². The molecule has 0 amide bonds. The highest BCUT2D eigenvalue weighted by molar-refractivity contribution is 5.92. The van der Waals surface area contributed by atoms with Gasteiger partial charge in [0.15, 0.2) is 6.10 Å². The molecule has 0 aliphatic heterocycles. The van der Waals surface area contributed by atoms with Crippen LogP contribution >= 0.6 is 0 Å². The first-order valence-electron chi connectivity index (χ1n) is 7.20. The third-order valence-corrected chi connectivity index (χ3v) is 2.89. The highest BCUT2D eigenvalue weighted by Gasteiger charge is 2.24. The Morgan fingerprint density at radius 2 is 1.64 bits per heavy atom. The number of carbonyl (C=O) groups excluding carboxylic acids is 4. The van der Waals surface area contributed by atoms with Crippen molar-refractivity contribution in [1.82, 2.24) is 0 Å². The molecule has 134 valence electrons. The Labute approximate surface area is 144 Å². The van der Waals surface area contributed by atoms with E-state index in [2.05, 4.69) is 9.47 Å². The minimum atomic E-state index is -1.27. The Balaban J connectivity index is 2.46. The van der Waals surface area contributed by atoms with Gasteiger partial charge in [-0.25, -0.2) is 14.4 Å². The number of hydrogen-bond acceptors (Lipinski definition) is 8. The van der Waals surface area contributed by atoms with Crippen LogP contribution in [0.25, 0.3) is 0 Å². The number of carbonyl (C=O) groups is 4. The van der Waals surface area contributed by atoms with E-state index in [1.54, 1.807) is 30.3 Å². The number of rotatable bonds is 8. The summed E-state index contributed by atoms with van der Waals surface area (Å²) >= 11 is 0. The van der Waals surface area contributed by atoms with Crippen molar-refractivity contribution in [3.05, 3.63) is 48.0 Å². The van der Waals surface area contributed by atoms with Crippen LogP contribution in [0.1, 0.15) is 5.56 Å². The molecule has 0 aliphatic carbocycles. The zero-order valence-electron chi connectivity index (χ0n) is 13.8. The fourth-order valence-electron chi connectivity index (χ4n) is 1.62. The molecule has 8 heteroatoms. The average molecular weight is 350 g/mol. The molecule has 0 bridgehead atoms. The lowest BCUT2D eigenvalue weighted by Crippen LogP contribution is -2.33. The fraction of sp³-hybridized carbons (Fsp3) is 0.294. The van der Waals surface area contributed by atoms with Crippen LogP contribution in [0, 0.1) is 0 Å². The molecule has 0 fully saturated rings. The van der Waals surface area contributed by atoms with Gasteiger partial charge in [-0.2, -0.15) is 0 Å². The number of hydrogen-bond donors (Lipinski definition) is 0. The summed E-state index contributed by atoms with van der Waals surface area (Å²) in [6.07, 6.45) is 0.358. The fourth-order valence-corrected chi connectivity index (χ4v) is 1.62. The molecule has 8 nitrogen and oxygen atoms in total. The van der Waals surface area contributed by atoms with E-state index in [4.69, 9.17) is 9.47 Å². The van der Waals surface area contributed by atoms with Gasteiger partial charge in [0.2, 0.25) is 0 Å². The second kappa shape index (κ2) is 10.7. The molecule has 0 saturated heterocycles. The van der Waals surface area contributed by atoms with Crippen LogP contribution in [0.5, 0.6) is 0 Å². The minimum absolute atomic E-state index is 0.0787. The van der Waals surface area contributed by atoms with E-state index in [9.17, 15) is 19.2 Å². The predicted octanol–water partition coefficient (Wildman–Crippen LogP) is 0.586. The maximum absolute atomic E-state index is 11.8. The van der Waals surface area contributed by atoms with Gasteiger partial charge in [0.05, 0.1) is 13.5 Å². The highest BCUT2D eigenvalue weighted by atomic mass is 16.6. The van der Waals surface area contributed by atoms with Crippen molar-refractivity contribution in [2.45, 2.75) is 12.5 Å². The molecule has 1 atom stereocenters. The lowest BCUT2D eigenvalue weighted by Gasteiger charge is -2.13.